The van der Waals surface area contributed by atoms with E-state index in [0.29, 0.717) is 35.2 Å². The number of hydrogen-bond acceptors (Lipinski definition) is 5. The molecule has 2 aliphatic rings. The molecular weight excluding hydrogens is 552 g/mol. The Balaban J connectivity index is 1.40. The van der Waals surface area contributed by atoms with Crippen LogP contribution in [0.15, 0.2) is 42.5 Å². The lowest BCUT2D eigenvalue weighted by Crippen LogP contribution is -2.63. The zero-order valence-corrected chi connectivity index (χ0v) is 24.5. The first-order valence-electron chi connectivity index (χ1n) is 14.2. The summed E-state index contributed by atoms with van der Waals surface area (Å²) in [4.78, 5) is 30.5. The Hall–Kier alpha value is -2.23. The van der Waals surface area contributed by atoms with Gasteiger partial charge in [-0.25, -0.2) is 4.39 Å². The van der Waals surface area contributed by atoms with Crippen LogP contribution >= 0.6 is 23.2 Å². The Labute approximate surface area is 246 Å². The third kappa shape index (κ3) is 7.95. The van der Waals surface area contributed by atoms with Crippen LogP contribution in [0.3, 0.4) is 0 Å². The predicted molar refractivity (Wildman–Crippen MR) is 158 cm³/mol. The van der Waals surface area contributed by atoms with Crippen molar-refractivity contribution in [3.63, 3.8) is 0 Å². The van der Waals surface area contributed by atoms with Gasteiger partial charge in [-0.2, -0.15) is 0 Å². The van der Waals surface area contributed by atoms with Crippen LogP contribution in [0.25, 0.3) is 0 Å². The van der Waals surface area contributed by atoms with E-state index in [1.165, 1.54) is 12.5 Å². The molecule has 1 unspecified atom stereocenters. The SMILES string of the molecule is NCCC(=O)NC(Cc1ccc(Cl)cc1Cl)C(=O)N1CCN(C2(CNCc3ccccc3F)CCCCC2)CC1. The van der Waals surface area contributed by atoms with Crippen molar-refractivity contribution >= 4 is 35.0 Å². The highest BCUT2D eigenvalue weighted by atomic mass is 35.5. The third-order valence-corrected chi connectivity index (χ3v) is 8.80. The summed E-state index contributed by atoms with van der Waals surface area (Å²) in [5.74, 6) is -0.564. The van der Waals surface area contributed by atoms with E-state index in [1.807, 2.05) is 17.0 Å². The zero-order chi connectivity index (χ0) is 28.5. The van der Waals surface area contributed by atoms with Gasteiger partial charge in [0.15, 0.2) is 0 Å². The maximum absolute atomic E-state index is 14.2. The molecule has 0 aromatic heterocycles. The zero-order valence-electron chi connectivity index (χ0n) is 22.9. The number of nitrogens with one attached hydrogen (secondary N) is 2. The Kier molecular flexibility index (Phi) is 11.2. The van der Waals surface area contributed by atoms with Gasteiger partial charge in [-0.1, -0.05) is 66.7 Å². The molecule has 40 heavy (non-hydrogen) atoms. The van der Waals surface area contributed by atoms with Crippen LogP contribution in [0.1, 0.15) is 49.7 Å². The van der Waals surface area contributed by atoms with Gasteiger partial charge in [0.25, 0.3) is 0 Å². The van der Waals surface area contributed by atoms with Crippen LogP contribution in [-0.4, -0.2) is 72.5 Å². The summed E-state index contributed by atoms with van der Waals surface area (Å²) in [5, 5.41) is 7.39. The third-order valence-electron chi connectivity index (χ3n) is 8.22. The quantitative estimate of drug-likeness (QED) is 0.365. The molecule has 0 spiro atoms. The molecule has 1 aliphatic carbocycles. The molecule has 1 saturated carbocycles. The summed E-state index contributed by atoms with van der Waals surface area (Å²) in [7, 11) is 0. The first kappa shape index (κ1) is 30.7. The van der Waals surface area contributed by atoms with Crippen molar-refractivity contribution < 1.29 is 14.0 Å². The highest BCUT2D eigenvalue weighted by Gasteiger charge is 2.40. The van der Waals surface area contributed by atoms with Gasteiger partial charge in [-0.05, 0) is 36.6 Å². The number of amides is 2. The van der Waals surface area contributed by atoms with E-state index in [4.69, 9.17) is 28.9 Å². The van der Waals surface area contributed by atoms with Crippen LogP contribution in [-0.2, 0) is 22.6 Å². The van der Waals surface area contributed by atoms with E-state index in [1.54, 1.807) is 24.3 Å². The van der Waals surface area contributed by atoms with E-state index in [2.05, 4.69) is 15.5 Å². The average Bonchev–Trinajstić information content (AvgIpc) is 2.95. The average molecular weight is 593 g/mol. The number of carbonyl (C=O) groups is 2. The monoisotopic (exact) mass is 591 g/mol. The van der Waals surface area contributed by atoms with E-state index in [9.17, 15) is 14.0 Å². The van der Waals surface area contributed by atoms with Gasteiger partial charge >= 0.3 is 0 Å². The van der Waals surface area contributed by atoms with Gasteiger partial charge < -0.3 is 21.3 Å². The van der Waals surface area contributed by atoms with Gasteiger partial charge in [0.1, 0.15) is 11.9 Å². The number of rotatable bonds is 11. The molecule has 2 amide bonds. The second-order valence-corrected chi connectivity index (χ2v) is 11.7. The van der Waals surface area contributed by atoms with Gasteiger partial charge in [0.2, 0.25) is 11.8 Å². The molecule has 10 heteroatoms. The van der Waals surface area contributed by atoms with Crippen molar-refractivity contribution in [3.8, 4) is 0 Å². The number of nitrogens with zero attached hydrogens (tertiary/aromatic N) is 2. The number of nitrogens with two attached hydrogens (primary N) is 1. The maximum Gasteiger partial charge on any atom is 0.245 e. The summed E-state index contributed by atoms with van der Waals surface area (Å²) in [5.41, 5.74) is 6.98. The topological polar surface area (TPSA) is 90.7 Å². The summed E-state index contributed by atoms with van der Waals surface area (Å²) < 4.78 is 14.2. The van der Waals surface area contributed by atoms with Crippen molar-refractivity contribution in [2.75, 3.05) is 39.3 Å². The van der Waals surface area contributed by atoms with Crippen LogP contribution in [0.4, 0.5) is 4.39 Å². The predicted octanol–water partition coefficient (Wildman–Crippen LogP) is 4.15. The largest absolute Gasteiger partial charge is 0.344 e. The fraction of sp³-hybridized carbons (Fsp3) is 0.533. The van der Waals surface area contributed by atoms with Gasteiger partial charge in [-0.15, -0.1) is 0 Å². The second-order valence-electron chi connectivity index (χ2n) is 10.9. The standard InChI is InChI=1S/C30H40Cl2FN5O2/c31-24-9-8-22(25(32)19-24)18-27(36-28(39)10-13-34)29(40)37-14-16-38(17-15-37)30(11-4-1-5-12-30)21-35-20-23-6-2-3-7-26(23)33/h2-3,6-9,19,27,35H,1,4-5,10-18,20-21,34H2,(H,36,39). The molecule has 218 valence electrons. The highest BCUT2D eigenvalue weighted by Crippen LogP contribution is 2.34. The van der Waals surface area contributed by atoms with Crippen LogP contribution in [0, 0.1) is 5.82 Å². The Morgan fingerprint density at radius 3 is 2.40 bits per heavy atom. The Morgan fingerprint density at radius 1 is 1.00 bits per heavy atom. The molecule has 1 aliphatic heterocycles. The minimum absolute atomic E-state index is 0.00970. The van der Waals surface area contributed by atoms with Crippen molar-refractivity contribution in [2.24, 2.45) is 5.73 Å². The number of carbonyl (C=O) groups excluding carboxylic acids is 2. The molecule has 1 saturated heterocycles. The summed E-state index contributed by atoms with van der Waals surface area (Å²) >= 11 is 12.4. The molecule has 0 bridgehead atoms. The minimum atomic E-state index is -0.740. The summed E-state index contributed by atoms with van der Waals surface area (Å²) in [6, 6.07) is 11.3. The fourth-order valence-corrected chi connectivity index (χ4v) is 6.50. The van der Waals surface area contributed by atoms with Crippen LogP contribution in [0.5, 0.6) is 0 Å². The molecule has 1 atom stereocenters. The van der Waals surface area contributed by atoms with Crippen molar-refractivity contribution in [3.05, 3.63) is 69.5 Å². The Bertz CT molecular complexity index is 1150. The van der Waals surface area contributed by atoms with Crippen molar-refractivity contribution in [1.29, 1.82) is 0 Å². The number of halogens is 3. The molecule has 7 nitrogen and oxygen atoms in total. The van der Waals surface area contributed by atoms with Crippen LogP contribution in [0.2, 0.25) is 10.0 Å². The first-order chi connectivity index (χ1) is 19.3. The molecule has 2 fully saturated rings. The lowest BCUT2D eigenvalue weighted by atomic mass is 9.79. The molecule has 2 aromatic carbocycles. The lowest BCUT2D eigenvalue weighted by Gasteiger charge is -2.50. The fourth-order valence-electron chi connectivity index (χ4n) is 6.01. The molecule has 0 radical (unpaired) electrons. The summed E-state index contributed by atoms with van der Waals surface area (Å²) in [6.07, 6.45) is 6.14. The summed E-state index contributed by atoms with van der Waals surface area (Å²) in [6.45, 7) is 4.13. The normalized spacial score (nSPS) is 18.4. The van der Waals surface area contributed by atoms with Crippen molar-refractivity contribution in [1.82, 2.24) is 20.4 Å². The molecular formula is C30H40Cl2FN5O2. The number of benzene rings is 2. The molecule has 4 N–H and O–H groups in total. The Morgan fingerprint density at radius 2 is 1.73 bits per heavy atom. The van der Waals surface area contributed by atoms with E-state index < -0.39 is 6.04 Å². The van der Waals surface area contributed by atoms with Gasteiger partial charge in [0, 0.05) is 79.8 Å². The molecule has 1 heterocycles. The lowest BCUT2D eigenvalue weighted by molar-refractivity contribution is -0.139. The van der Waals surface area contributed by atoms with Crippen LogP contribution < -0.4 is 16.4 Å². The first-order valence-corrected chi connectivity index (χ1v) is 15.0. The highest BCUT2D eigenvalue weighted by molar-refractivity contribution is 6.35. The van der Waals surface area contributed by atoms with Gasteiger partial charge in [0.05, 0.1) is 0 Å². The maximum atomic E-state index is 14.2. The molecule has 2 aromatic rings. The van der Waals surface area contributed by atoms with E-state index >= 15 is 0 Å². The number of hydrogen-bond donors (Lipinski definition) is 3. The smallest absolute Gasteiger partial charge is 0.245 e. The van der Waals surface area contributed by atoms with E-state index in [-0.39, 0.29) is 42.6 Å². The van der Waals surface area contributed by atoms with Gasteiger partial charge in [-0.3, -0.25) is 14.5 Å². The van der Waals surface area contributed by atoms with E-state index in [0.717, 1.165) is 50.9 Å². The van der Waals surface area contributed by atoms with Crippen molar-refractivity contribution in [2.45, 2.75) is 63.1 Å². The second kappa shape index (κ2) is 14.6. The molecule has 4 rings (SSSR count). The minimum Gasteiger partial charge on any atom is -0.344 e. The number of piperazine rings is 1.